The largest absolute Gasteiger partial charge is 0.148 e. The fraction of sp³-hybridized carbons (Fsp3) is 0.300. The summed E-state index contributed by atoms with van der Waals surface area (Å²) in [5, 5.41) is 10.8. The first kappa shape index (κ1) is 15.9. The molecule has 23 heavy (non-hydrogen) atoms. The Balaban J connectivity index is 1.94. The molecule has 0 amide bonds. The summed E-state index contributed by atoms with van der Waals surface area (Å²) in [4.78, 5) is 0. The second kappa shape index (κ2) is 6.63. The van der Waals surface area contributed by atoms with Gasteiger partial charge in [-0.15, -0.1) is 10.2 Å². The maximum Gasteiger partial charge on any atom is 0.148 e. The molecule has 118 valence electrons. The first-order valence-corrected chi connectivity index (χ1v) is 8.90. The summed E-state index contributed by atoms with van der Waals surface area (Å²) in [6.07, 6.45) is 0. The van der Waals surface area contributed by atoms with Gasteiger partial charge in [0.15, 0.2) is 0 Å². The molecule has 0 N–H and O–H groups in total. The Morgan fingerprint density at radius 1 is 0.696 bits per heavy atom. The van der Waals surface area contributed by atoms with Crippen molar-refractivity contribution in [3.8, 4) is 21.1 Å². The fourth-order valence-corrected chi connectivity index (χ4v) is 3.35. The van der Waals surface area contributed by atoms with Gasteiger partial charge in [-0.3, -0.25) is 0 Å². The molecule has 0 atom stereocenters. The van der Waals surface area contributed by atoms with Crippen LogP contribution in [0.2, 0.25) is 0 Å². The summed E-state index contributed by atoms with van der Waals surface area (Å²) >= 11 is 1.66. The van der Waals surface area contributed by atoms with Crippen LogP contribution < -0.4 is 0 Å². The van der Waals surface area contributed by atoms with E-state index in [4.69, 9.17) is 0 Å². The van der Waals surface area contributed by atoms with Crippen molar-refractivity contribution in [3.63, 3.8) is 0 Å². The number of hydrogen-bond donors (Lipinski definition) is 0. The Morgan fingerprint density at radius 2 is 1.13 bits per heavy atom. The molecule has 1 aromatic heterocycles. The molecule has 0 aliphatic rings. The number of hydrogen-bond acceptors (Lipinski definition) is 3. The van der Waals surface area contributed by atoms with Gasteiger partial charge in [-0.05, 0) is 35.1 Å². The van der Waals surface area contributed by atoms with Crippen molar-refractivity contribution in [2.75, 3.05) is 0 Å². The highest BCUT2D eigenvalue weighted by Gasteiger charge is 2.11. The highest BCUT2D eigenvalue weighted by Crippen LogP contribution is 2.32. The van der Waals surface area contributed by atoms with Crippen LogP contribution in [0.3, 0.4) is 0 Å². The van der Waals surface area contributed by atoms with E-state index in [9.17, 15) is 0 Å². The summed E-state index contributed by atoms with van der Waals surface area (Å²) in [6, 6.07) is 17.2. The first-order valence-electron chi connectivity index (χ1n) is 8.08. The van der Waals surface area contributed by atoms with Crippen LogP contribution in [-0.2, 0) is 0 Å². The molecule has 3 rings (SSSR count). The SMILES string of the molecule is CC(C)c1cccc(-c2nnc(-c3cccc(C(C)C)c3)s2)c1. The Bertz CT molecular complexity index is 737. The molecule has 0 radical (unpaired) electrons. The van der Waals surface area contributed by atoms with E-state index in [-0.39, 0.29) is 0 Å². The van der Waals surface area contributed by atoms with Crippen molar-refractivity contribution in [2.24, 2.45) is 0 Å². The van der Waals surface area contributed by atoms with Gasteiger partial charge in [0.05, 0.1) is 0 Å². The van der Waals surface area contributed by atoms with Crippen LogP contribution in [-0.4, -0.2) is 10.2 Å². The van der Waals surface area contributed by atoms with Crippen LogP contribution in [0, 0.1) is 0 Å². The summed E-state index contributed by atoms with van der Waals surface area (Å²) in [5.74, 6) is 1.04. The first-order chi connectivity index (χ1) is 11.0. The van der Waals surface area contributed by atoms with Crippen LogP contribution in [0.25, 0.3) is 21.1 Å². The van der Waals surface area contributed by atoms with E-state index >= 15 is 0 Å². The van der Waals surface area contributed by atoms with Gasteiger partial charge in [0.25, 0.3) is 0 Å². The lowest BCUT2D eigenvalue weighted by atomic mass is 10.0. The molecule has 0 bridgehead atoms. The van der Waals surface area contributed by atoms with Crippen LogP contribution in [0.5, 0.6) is 0 Å². The molecule has 0 saturated carbocycles. The third-order valence-corrected chi connectivity index (χ3v) is 5.05. The van der Waals surface area contributed by atoms with Gasteiger partial charge in [-0.25, -0.2) is 0 Å². The molecule has 3 heteroatoms. The standard InChI is InChI=1S/C20H22N2S/c1-13(2)15-7-5-9-17(11-15)19-21-22-20(23-19)18-10-6-8-16(12-18)14(3)4/h5-14H,1-4H3. The van der Waals surface area contributed by atoms with E-state index in [2.05, 4.69) is 86.4 Å². The maximum absolute atomic E-state index is 4.41. The lowest BCUT2D eigenvalue weighted by Crippen LogP contribution is -1.87. The molecule has 0 unspecified atom stereocenters. The molecular weight excluding hydrogens is 300 g/mol. The Hall–Kier alpha value is -2.00. The molecule has 0 aliphatic carbocycles. The fourth-order valence-electron chi connectivity index (χ4n) is 2.52. The molecule has 2 aromatic carbocycles. The van der Waals surface area contributed by atoms with Crippen LogP contribution in [0.4, 0.5) is 0 Å². The van der Waals surface area contributed by atoms with Gasteiger partial charge in [0, 0.05) is 11.1 Å². The van der Waals surface area contributed by atoms with Crippen molar-refractivity contribution < 1.29 is 0 Å². The summed E-state index contributed by atoms with van der Waals surface area (Å²) in [6.45, 7) is 8.84. The second-order valence-electron chi connectivity index (χ2n) is 6.47. The predicted octanol–water partition coefficient (Wildman–Crippen LogP) is 6.12. The van der Waals surface area contributed by atoms with Crippen molar-refractivity contribution in [2.45, 2.75) is 39.5 Å². The molecule has 0 saturated heterocycles. The maximum atomic E-state index is 4.41. The molecule has 3 aromatic rings. The minimum Gasteiger partial charge on any atom is -0.138 e. The van der Waals surface area contributed by atoms with E-state index in [1.165, 1.54) is 11.1 Å². The highest BCUT2D eigenvalue weighted by atomic mass is 32.1. The minimum atomic E-state index is 0.519. The van der Waals surface area contributed by atoms with Crippen molar-refractivity contribution in [3.05, 3.63) is 59.7 Å². The summed E-state index contributed by atoms with van der Waals surface area (Å²) in [5.41, 5.74) is 4.97. The van der Waals surface area contributed by atoms with E-state index in [0.717, 1.165) is 21.1 Å². The van der Waals surface area contributed by atoms with Gasteiger partial charge < -0.3 is 0 Å². The average molecular weight is 322 g/mol. The molecule has 1 heterocycles. The van der Waals surface area contributed by atoms with Gasteiger partial charge in [-0.2, -0.15) is 0 Å². The average Bonchev–Trinajstić information content (AvgIpc) is 3.05. The Labute approximate surface area is 142 Å². The topological polar surface area (TPSA) is 25.8 Å². The number of nitrogens with zero attached hydrogens (tertiary/aromatic N) is 2. The Kier molecular flexibility index (Phi) is 4.58. The van der Waals surface area contributed by atoms with Gasteiger partial charge >= 0.3 is 0 Å². The quantitative estimate of drug-likeness (QED) is 0.578. The van der Waals surface area contributed by atoms with E-state index < -0.39 is 0 Å². The predicted molar refractivity (Wildman–Crippen MR) is 99.0 cm³/mol. The van der Waals surface area contributed by atoms with Gasteiger partial charge in [-0.1, -0.05) is 75.4 Å². The third kappa shape index (κ3) is 3.50. The van der Waals surface area contributed by atoms with E-state index in [0.29, 0.717) is 11.8 Å². The van der Waals surface area contributed by atoms with Crippen molar-refractivity contribution >= 4 is 11.3 Å². The lowest BCUT2D eigenvalue weighted by Gasteiger charge is -2.06. The number of rotatable bonds is 4. The number of benzene rings is 2. The Morgan fingerprint density at radius 3 is 1.52 bits per heavy atom. The van der Waals surface area contributed by atoms with Gasteiger partial charge in [0.2, 0.25) is 0 Å². The molecule has 0 spiro atoms. The van der Waals surface area contributed by atoms with Crippen LogP contribution in [0.1, 0.15) is 50.7 Å². The molecule has 0 fully saturated rings. The normalized spacial score (nSPS) is 11.4. The van der Waals surface area contributed by atoms with E-state index in [1.807, 2.05) is 0 Å². The molecule has 0 aliphatic heterocycles. The summed E-state index contributed by atoms with van der Waals surface area (Å²) in [7, 11) is 0. The van der Waals surface area contributed by atoms with Crippen molar-refractivity contribution in [1.82, 2.24) is 10.2 Å². The zero-order valence-electron chi connectivity index (χ0n) is 14.1. The zero-order valence-corrected chi connectivity index (χ0v) is 14.9. The molecule has 2 nitrogen and oxygen atoms in total. The zero-order chi connectivity index (χ0) is 16.4. The highest BCUT2D eigenvalue weighted by molar-refractivity contribution is 7.17. The van der Waals surface area contributed by atoms with Crippen molar-refractivity contribution in [1.29, 1.82) is 0 Å². The minimum absolute atomic E-state index is 0.519. The monoisotopic (exact) mass is 322 g/mol. The van der Waals surface area contributed by atoms with Crippen LogP contribution in [0.15, 0.2) is 48.5 Å². The van der Waals surface area contributed by atoms with Crippen LogP contribution >= 0.6 is 11.3 Å². The molecular formula is C20H22N2S. The third-order valence-electron chi connectivity index (χ3n) is 4.03. The second-order valence-corrected chi connectivity index (χ2v) is 7.45. The van der Waals surface area contributed by atoms with E-state index in [1.54, 1.807) is 11.3 Å². The lowest BCUT2D eigenvalue weighted by molar-refractivity contribution is 0.866. The summed E-state index contributed by atoms with van der Waals surface area (Å²) < 4.78 is 0. The number of aromatic nitrogens is 2. The smallest absolute Gasteiger partial charge is 0.138 e. The van der Waals surface area contributed by atoms with Gasteiger partial charge in [0.1, 0.15) is 10.0 Å².